The van der Waals surface area contributed by atoms with E-state index in [0.29, 0.717) is 0 Å². The van der Waals surface area contributed by atoms with Crippen molar-refractivity contribution in [2.24, 2.45) is 4.85 Å². The van der Waals surface area contributed by atoms with Crippen molar-refractivity contribution in [2.45, 2.75) is 0 Å². The van der Waals surface area contributed by atoms with Gasteiger partial charge in [-0.2, -0.15) is 4.85 Å². The molecule has 0 unspecified atom stereocenters. The molecular formula is HN2PTb. The van der Waals surface area contributed by atoms with Gasteiger partial charge in [-0.25, -0.2) is 0 Å². The van der Waals surface area contributed by atoms with Crippen LogP contribution in [0.25, 0.3) is 0 Å². The largest absolute Gasteiger partial charge is 0.157 e. The van der Waals surface area contributed by atoms with Crippen molar-refractivity contribution in [1.29, 1.82) is 0 Å². The summed E-state index contributed by atoms with van der Waals surface area (Å²) in [6.45, 7) is 0. The first-order valence-electron chi connectivity index (χ1n) is 0.647. The van der Waals surface area contributed by atoms with Crippen LogP contribution in [0.2, 0.25) is 0 Å². The Balaban J connectivity index is 0.0000000900. The summed E-state index contributed by atoms with van der Waals surface area (Å²) < 4.78 is 0. The molecule has 1 aliphatic rings. The molecule has 0 aromatic rings. The molecule has 2 nitrogen and oxygen atoms in total. The average Bonchev–Trinajstić information content (AvgIpc) is 1.46. The monoisotopic (exact) mass is 219 g/mol. The predicted molar refractivity (Wildman–Crippen MR) is 12.5 cm³/mol. The zero-order chi connectivity index (χ0) is 2.12. The van der Waals surface area contributed by atoms with Crippen molar-refractivity contribution >= 4 is 8.52 Å². The van der Waals surface area contributed by atoms with Crippen LogP contribution in [0, 0.1) is 38.6 Å². The Bertz CT molecular complexity index is 29.0. The van der Waals surface area contributed by atoms with E-state index in [1.54, 1.807) is 0 Å². The molecule has 0 aliphatic carbocycles. The van der Waals surface area contributed by atoms with Gasteiger partial charge in [0, 0.05) is 38.6 Å². The van der Waals surface area contributed by atoms with Gasteiger partial charge < -0.3 is 0 Å². The van der Waals surface area contributed by atoms with Gasteiger partial charge in [-0.15, -0.1) is 5.20 Å². The smallest absolute Gasteiger partial charge is 0.135 e. The van der Waals surface area contributed by atoms with Crippen molar-refractivity contribution in [3.63, 3.8) is 0 Å². The molecule has 0 saturated heterocycles. The van der Waals surface area contributed by atoms with Crippen LogP contribution >= 0.6 is 8.52 Å². The van der Waals surface area contributed by atoms with Crippen molar-refractivity contribution in [1.82, 2.24) is 5.20 Å². The third-order valence-corrected chi connectivity index (χ3v) is 0.300. The quantitative estimate of drug-likeness (QED) is 0.593. The van der Waals surface area contributed by atoms with Crippen LogP contribution in [-0.2, 0) is 0 Å². The standard InChI is InChI=1S/HN2P.Tb/c1-2-3-1;/h(H,1,2);. The molecule has 0 amide bonds. The number of nitrogens with one attached hydrogen (secondary N) is 1. The number of nitrogens with zero attached hydrogens (tertiary/aromatic N) is 1. The summed E-state index contributed by atoms with van der Waals surface area (Å²) in [6.07, 6.45) is 0. The van der Waals surface area contributed by atoms with Crippen molar-refractivity contribution < 1.29 is 38.6 Å². The maximum atomic E-state index is 3.47. The van der Waals surface area contributed by atoms with Crippen LogP contribution in [-0.4, -0.2) is 0 Å². The molecule has 0 aromatic heterocycles. The number of hydrogen-bond acceptors (Lipinski definition) is 2. The number of rotatable bonds is 0. The molecule has 0 bridgehead atoms. The van der Waals surface area contributed by atoms with Crippen LogP contribution in [0.5, 0.6) is 0 Å². The molecule has 0 aromatic carbocycles. The molecule has 1 heterocycles. The molecule has 0 saturated carbocycles. The second-order valence-corrected chi connectivity index (χ2v) is 0.900. The van der Waals surface area contributed by atoms with E-state index in [0.717, 1.165) is 8.52 Å². The van der Waals surface area contributed by atoms with Crippen molar-refractivity contribution in [2.75, 3.05) is 0 Å². The van der Waals surface area contributed by atoms with E-state index in [2.05, 4.69) is 10.1 Å². The fourth-order valence-corrected chi connectivity index (χ4v) is 0. The van der Waals surface area contributed by atoms with E-state index in [1.807, 2.05) is 0 Å². The second-order valence-electron chi connectivity index (χ2n) is 0.300. The third kappa shape index (κ3) is 3.35. The van der Waals surface area contributed by atoms with Gasteiger partial charge in [0.1, 0.15) is 8.52 Å². The van der Waals surface area contributed by atoms with Gasteiger partial charge in [0.05, 0.1) is 0 Å². The minimum absolute atomic E-state index is 0. The van der Waals surface area contributed by atoms with Crippen molar-refractivity contribution in [3.05, 3.63) is 0 Å². The Morgan fingerprint density at radius 3 is 2.00 bits per heavy atom. The molecule has 4 heteroatoms. The molecule has 0 atom stereocenters. The summed E-state index contributed by atoms with van der Waals surface area (Å²) in [6, 6.07) is 0. The van der Waals surface area contributed by atoms with Crippen LogP contribution in [0.3, 0.4) is 0 Å². The Hall–Kier alpha value is 1.35. The van der Waals surface area contributed by atoms with Gasteiger partial charge in [-0.05, 0) is 0 Å². The van der Waals surface area contributed by atoms with Gasteiger partial charge in [0.2, 0.25) is 0 Å². The van der Waals surface area contributed by atoms with Gasteiger partial charge in [0.15, 0.2) is 0 Å². The Morgan fingerprint density at radius 2 is 2.00 bits per heavy atom. The molecule has 1 radical (unpaired) electrons. The predicted octanol–water partition coefficient (Wildman–Crippen LogP) is 0.549. The minimum Gasteiger partial charge on any atom is -0.157 e. The minimum atomic E-state index is 0. The first kappa shape index (κ1) is 5.35. The van der Waals surface area contributed by atoms with E-state index < -0.39 is 0 Å². The molecule has 0 fully saturated rings. The second kappa shape index (κ2) is 2.58. The summed E-state index contributed by atoms with van der Waals surface area (Å²) in [5, 5.41) is 2.60. The maximum Gasteiger partial charge on any atom is 0.135 e. The fourth-order valence-electron chi connectivity index (χ4n) is 0. The topological polar surface area (TPSA) is 34.3 Å². The molecular weight excluding hydrogens is 218 g/mol. The summed E-state index contributed by atoms with van der Waals surface area (Å²) in [5.74, 6) is 0. The van der Waals surface area contributed by atoms with Gasteiger partial charge in [-0.1, -0.05) is 0 Å². The Labute approximate surface area is 56.7 Å². The number of hydrogen-bond donors (Lipinski definition) is 1. The van der Waals surface area contributed by atoms with E-state index in [1.165, 1.54) is 0 Å². The molecule has 0 spiro atoms. The first-order chi connectivity index (χ1) is 1.50. The summed E-state index contributed by atoms with van der Waals surface area (Å²) in [5.41, 5.74) is 0. The first-order valence-corrected chi connectivity index (χ1v) is 1.49. The van der Waals surface area contributed by atoms with Crippen LogP contribution < -0.4 is 5.20 Å². The van der Waals surface area contributed by atoms with Gasteiger partial charge >= 0.3 is 0 Å². The third-order valence-electron chi connectivity index (χ3n) is 0.100. The van der Waals surface area contributed by atoms with Crippen molar-refractivity contribution in [3.8, 4) is 0 Å². The molecule has 4 heavy (non-hydrogen) atoms. The summed E-state index contributed by atoms with van der Waals surface area (Å²) in [4.78, 5) is 3.47. The van der Waals surface area contributed by atoms with E-state index in [-0.39, 0.29) is 38.6 Å². The Morgan fingerprint density at radius 1 is 1.75 bits per heavy atom. The summed E-state index contributed by atoms with van der Waals surface area (Å²) >= 11 is 0. The molecule has 1 aliphatic heterocycles. The molecule has 1 rings (SSSR count). The zero-order valence-corrected chi connectivity index (χ0v) is 4.76. The van der Waals surface area contributed by atoms with Crippen LogP contribution in [0.15, 0.2) is 4.85 Å². The van der Waals surface area contributed by atoms with E-state index in [9.17, 15) is 0 Å². The normalized spacial score (nSPS) is 18.0. The average molecular weight is 219 g/mol. The van der Waals surface area contributed by atoms with E-state index >= 15 is 0 Å². The van der Waals surface area contributed by atoms with E-state index in [4.69, 9.17) is 0 Å². The van der Waals surface area contributed by atoms with Gasteiger partial charge in [-0.3, -0.25) is 0 Å². The SMILES string of the molecule is N1=PN1.[Tb]. The molecule has 25 valence electrons. The zero-order valence-electron chi connectivity index (χ0n) is 1.73. The fraction of sp³-hybridized carbons (Fsp3) is 0. The maximum absolute atomic E-state index is 3.47. The van der Waals surface area contributed by atoms with Crippen LogP contribution in [0.1, 0.15) is 0 Å². The summed E-state index contributed by atoms with van der Waals surface area (Å²) in [7, 11) is 1.04. The molecule has 1 N–H and O–H groups in total. The van der Waals surface area contributed by atoms with Gasteiger partial charge in [0.25, 0.3) is 0 Å². The van der Waals surface area contributed by atoms with Crippen LogP contribution in [0.4, 0.5) is 0 Å². The Kier molecular flexibility index (Phi) is 3.44.